The molecule has 1 aromatic rings. The van der Waals surface area contributed by atoms with E-state index in [1.807, 2.05) is 13.8 Å². The highest BCUT2D eigenvalue weighted by Crippen LogP contribution is 2.49. The molecule has 1 N–H and O–H groups in total. The largest absolute Gasteiger partial charge is 0.354 e. The van der Waals surface area contributed by atoms with Crippen molar-refractivity contribution in [2.24, 2.45) is 11.3 Å². The van der Waals surface area contributed by atoms with Gasteiger partial charge in [0.2, 0.25) is 5.91 Å². The molecule has 6 heteroatoms. The van der Waals surface area contributed by atoms with Crippen molar-refractivity contribution in [2.75, 3.05) is 13.1 Å². The molecule has 2 aliphatic rings. The molecule has 5 nitrogen and oxygen atoms in total. The van der Waals surface area contributed by atoms with E-state index >= 15 is 0 Å². The lowest BCUT2D eigenvalue weighted by Crippen LogP contribution is -2.42. The molecule has 24 heavy (non-hydrogen) atoms. The molecule has 1 spiro atoms. The third-order valence-electron chi connectivity index (χ3n) is 5.23. The van der Waals surface area contributed by atoms with Crippen LogP contribution in [-0.4, -0.2) is 40.8 Å². The van der Waals surface area contributed by atoms with Gasteiger partial charge in [0.25, 0.3) is 5.91 Å². The number of carbonyl (C=O) groups is 2. The third-order valence-corrected chi connectivity index (χ3v) is 5.23. The number of halogens is 1. The van der Waals surface area contributed by atoms with Crippen LogP contribution in [0.15, 0.2) is 18.3 Å². The number of pyridine rings is 1. The Morgan fingerprint density at radius 1 is 1.33 bits per heavy atom. The predicted molar refractivity (Wildman–Crippen MR) is 87.8 cm³/mol. The number of amides is 2. The van der Waals surface area contributed by atoms with E-state index in [1.165, 1.54) is 12.1 Å². The van der Waals surface area contributed by atoms with Gasteiger partial charge in [-0.1, -0.05) is 12.8 Å². The van der Waals surface area contributed by atoms with Crippen molar-refractivity contribution >= 4 is 11.8 Å². The first-order valence-corrected chi connectivity index (χ1v) is 8.62. The molecule has 1 saturated heterocycles. The summed E-state index contributed by atoms with van der Waals surface area (Å²) in [5.41, 5.74) is 0.115. The molecule has 1 unspecified atom stereocenters. The predicted octanol–water partition coefficient (Wildman–Crippen LogP) is 2.38. The number of carbonyl (C=O) groups excluding carboxylic acids is 2. The van der Waals surface area contributed by atoms with Gasteiger partial charge in [0.1, 0.15) is 11.5 Å². The van der Waals surface area contributed by atoms with Crippen LogP contribution in [0.4, 0.5) is 4.39 Å². The number of hydrogen-bond acceptors (Lipinski definition) is 3. The third kappa shape index (κ3) is 3.14. The Kier molecular flexibility index (Phi) is 4.56. The van der Waals surface area contributed by atoms with Crippen LogP contribution < -0.4 is 5.32 Å². The maximum atomic E-state index is 13.0. The molecule has 2 heterocycles. The van der Waals surface area contributed by atoms with Crippen LogP contribution in [-0.2, 0) is 4.79 Å². The summed E-state index contributed by atoms with van der Waals surface area (Å²) in [6, 6.07) is 2.73. The SMILES string of the molecule is CC(C)NC(=O)C1CN(C(=O)c2ccc(F)cn2)CC12CCCC2. The minimum atomic E-state index is -0.463. The summed E-state index contributed by atoms with van der Waals surface area (Å²) in [5, 5.41) is 3.00. The van der Waals surface area contributed by atoms with Gasteiger partial charge in [0.15, 0.2) is 0 Å². The molecule has 2 amide bonds. The highest BCUT2D eigenvalue weighted by atomic mass is 19.1. The molecule has 0 radical (unpaired) electrons. The van der Waals surface area contributed by atoms with Gasteiger partial charge in [-0.2, -0.15) is 0 Å². The molecule has 2 fully saturated rings. The van der Waals surface area contributed by atoms with Gasteiger partial charge in [-0.25, -0.2) is 9.37 Å². The minimum Gasteiger partial charge on any atom is -0.354 e. The van der Waals surface area contributed by atoms with Gasteiger partial charge >= 0.3 is 0 Å². The number of hydrogen-bond donors (Lipinski definition) is 1. The summed E-state index contributed by atoms with van der Waals surface area (Å²) >= 11 is 0. The Morgan fingerprint density at radius 2 is 2.04 bits per heavy atom. The van der Waals surface area contributed by atoms with E-state index in [4.69, 9.17) is 0 Å². The van der Waals surface area contributed by atoms with Crippen LogP contribution in [0.2, 0.25) is 0 Å². The summed E-state index contributed by atoms with van der Waals surface area (Å²) < 4.78 is 13.0. The van der Waals surface area contributed by atoms with Crippen molar-refractivity contribution in [3.8, 4) is 0 Å². The number of likely N-dealkylation sites (tertiary alicyclic amines) is 1. The van der Waals surface area contributed by atoms with Crippen molar-refractivity contribution in [3.05, 3.63) is 29.8 Å². The smallest absolute Gasteiger partial charge is 0.272 e. The van der Waals surface area contributed by atoms with E-state index in [2.05, 4.69) is 10.3 Å². The zero-order chi connectivity index (χ0) is 17.3. The minimum absolute atomic E-state index is 0.0364. The van der Waals surface area contributed by atoms with Crippen LogP contribution in [0, 0.1) is 17.2 Å². The Bertz CT molecular complexity index is 624. The average molecular weight is 333 g/mol. The van der Waals surface area contributed by atoms with Crippen LogP contribution in [0.3, 0.4) is 0 Å². The second-order valence-corrected chi connectivity index (χ2v) is 7.33. The summed E-state index contributed by atoms with van der Waals surface area (Å²) in [7, 11) is 0. The molecule has 130 valence electrons. The summed E-state index contributed by atoms with van der Waals surface area (Å²) in [5.74, 6) is -0.823. The van der Waals surface area contributed by atoms with E-state index in [1.54, 1.807) is 4.90 Å². The molecule has 1 saturated carbocycles. The van der Waals surface area contributed by atoms with E-state index in [0.29, 0.717) is 13.1 Å². The first kappa shape index (κ1) is 16.9. The van der Waals surface area contributed by atoms with Crippen LogP contribution in [0.1, 0.15) is 50.0 Å². The van der Waals surface area contributed by atoms with Crippen molar-refractivity contribution in [3.63, 3.8) is 0 Å². The Labute approximate surface area is 141 Å². The van der Waals surface area contributed by atoms with Gasteiger partial charge in [0, 0.05) is 24.5 Å². The maximum Gasteiger partial charge on any atom is 0.272 e. The van der Waals surface area contributed by atoms with Crippen LogP contribution in [0.5, 0.6) is 0 Å². The summed E-state index contributed by atoms with van der Waals surface area (Å²) in [6.45, 7) is 4.89. The van der Waals surface area contributed by atoms with E-state index in [9.17, 15) is 14.0 Å². The second-order valence-electron chi connectivity index (χ2n) is 7.33. The molecule has 0 aromatic carbocycles. The van der Waals surface area contributed by atoms with Crippen molar-refractivity contribution < 1.29 is 14.0 Å². The lowest BCUT2D eigenvalue weighted by molar-refractivity contribution is -0.128. The Hall–Kier alpha value is -1.98. The van der Waals surface area contributed by atoms with Crippen molar-refractivity contribution in [2.45, 2.75) is 45.6 Å². The lowest BCUT2D eigenvalue weighted by atomic mass is 9.76. The zero-order valence-electron chi connectivity index (χ0n) is 14.2. The van der Waals surface area contributed by atoms with Crippen molar-refractivity contribution in [1.29, 1.82) is 0 Å². The van der Waals surface area contributed by atoms with Gasteiger partial charge in [-0.05, 0) is 38.8 Å². The fourth-order valence-electron chi connectivity index (χ4n) is 4.12. The molecule has 1 aliphatic carbocycles. The number of aromatic nitrogens is 1. The molecule has 0 bridgehead atoms. The molecular formula is C18H24FN3O2. The number of rotatable bonds is 3. The highest BCUT2D eigenvalue weighted by molar-refractivity contribution is 5.93. The van der Waals surface area contributed by atoms with Gasteiger partial charge in [-0.15, -0.1) is 0 Å². The maximum absolute atomic E-state index is 13.0. The zero-order valence-corrected chi connectivity index (χ0v) is 14.2. The van der Waals surface area contributed by atoms with Gasteiger partial charge < -0.3 is 10.2 Å². The molecule has 1 atom stereocenters. The average Bonchev–Trinajstić information content (AvgIpc) is 3.15. The molecule has 1 aliphatic heterocycles. The lowest BCUT2D eigenvalue weighted by Gasteiger charge is -2.29. The monoisotopic (exact) mass is 333 g/mol. The quantitative estimate of drug-likeness (QED) is 0.924. The highest BCUT2D eigenvalue weighted by Gasteiger charge is 2.52. The summed E-state index contributed by atoms with van der Waals surface area (Å²) in [4.78, 5) is 31.0. The number of nitrogens with zero attached hydrogens (tertiary/aromatic N) is 2. The van der Waals surface area contributed by atoms with Gasteiger partial charge in [-0.3, -0.25) is 9.59 Å². The van der Waals surface area contributed by atoms with E-state index < -0.39 is 5.82 Å². The van der Waals surface area contributed by atoms with E-state index in [0.717, 1.165) is 31.9 Å². The molecule has 3 rings (SSSR count). The van der Waals surface area contributed by atoms with Crippen LogP contribution >= 0.6 is 0 Å². The Morgan fingerprint density at radius 3 is 2.62 bits per heavy atom. The first-order chi connectivity index (χ1) is 11.4. The normalized spacial score (nSPS) is 22.3. The van der Waals surface area contributed by atoms with Crippen molar-refractivity contribution in [1.82, 2.24) is 15.2 Å². The molecular weight excluding hydrogens is 309 g/mol. The second kappa shape index (κ2) is 6.49. The first-order valence-electron chi connectivity index (χ1n) is 8.62. The van der Waals surface area contributed by atoms with Crippen LogP contribution in [0.25, 0.3) is 0 Å². The standard InChI is InChI=1S/C18H24FN3O2/c1-12(2)21-16(23)14-10-22(11-18(14)7-3-4-8-18)17(24)15-6-5-13(19)9-20-15/h5-6,9,12,14H,3-4,7-8,10-11H2,1-2H3,(H,21,23). The fraction of sp³-hybridized carbons (Fsp3) is 0.611. The fourth-order valence-corrected chi connectivity index (χ4v) is 4.12. The van der Waals surface area contributed by atoms with E-state index in [-0.39, 0.29) is 34.9 Å². The topological polar surface area (TPSA) is 62.3 Å². The summed E-state index contributed by atoms with van der Waals surface area (Å²) in [6.07, 6.45) is 5.20. The Balaban J connectivity index is 1.80. The van der Waals surface area contributed by atoms with Gasteiger partial charge in [0.05, 0.1) is 12.1 Å². The molecule has 1 aromatic heterocycles. The number of nitrogens with one attached hydrogen (secondary N) is 1.